The lowest BCUT2D eigenvalue weighted by atomic mass is 10.1. The normalized spacial score (nSPS) is 10.8. The van der Waals surface area contributed by atoms with Gasteiger partial charge in [0.2, 0.25) is 5.91 Å². The number of nitrogens with one attached hydrogen (secondary N) is 1. The summed E-state index contributed by atoms with van der Waals surface area (Å²) >= 11 is 1.60. The van der Waals surface area contributed by atoms with E-state index in [0.29, 0.717) is 13.0 Å². The predicted octanol–water partition coefficient (Wildman–Crippen LogP) is 2.79. The monoisotopic (exact) mass is 286 g/mol. The smallest absolute Gasteiger partial charge is 0.225 e. The van der Waals surface area contributed by atoms with Gasteiger partial charge in [0.05, 0.1) is 6.42 Å². The molecular formula is C15H14N2O2S. The van der Waals surface area contributed by atoms with Crippen LogP contribution in [-0.2, 0) is 17.6 Å². The Morgan fingerprint density at radius 1 is 1.35 bits per heavy atom. The lowest BCUT2D eigenvalue weighted by Gasteiger charge is -2.04. The van der Waals surface area contributed by atoms with E-state index in [9.17, 15) is 4.79 Å². The Morgan fingerprint density at radius 2 is 2.30 bits per heavy atom. The SMILES string of the molecule is O=C(Cc1cccs1)NCCc1ccc2ncoc2c1. The summed E-state index contributed by atoms with van der Waals surface area (Å²) in [5.74, 6) is 0.0631. The fraction of sp³-hybridized carbons (Fsp3) is 0.200. The van der Waals surface area contributed by atoms with Gasteiger partial charge in [-0.2, -0.15) is 0 Å². The molecule has 0 saturated heterocycles. The van der Waals surface area contributed by atoms with E-state index in [-0.39, 0.29) is 5.91 Å². The van der Waals surface area contributed by atoms with Gasteiger partial charge in [0.15, 0.2) is 12.0 Å². The summed E-state index contributed by atoms with van der Waals surface area (Å²) in [6.07, 6.45) is 2.68. The first-order chi connectivity index (χ1) is 9.81. The third kappa shape index (κ3) is 3.05. The van der Waals surface area contributed by atoms with Crippen molar-refractivity contribution in [1.82, 2.24) is 10.3 Å². The first kappa shape index (κ1) is 12.9. The molecule has 102 valence electrons. The van der Waals surface area contributed by atoms with Crippen LogP contribution >= 0.6 is 11.3 Å². The van der Waals surface area contributed by atoms with Crippen molar-refractivity contribution in [2.24, 2.45) is 0 Å². The Balaban J connectivity index is 1.50. The minimum Gasteiger partial charge on any atom is -0.443 e. The van der Waals surface area contributed by atoms with Crippen molar-refractivity contribution < 1.29 is 9.21 Å². The second kappa shape index (κ2) is 5.88. The standard InChI is InChI=1S/C15H14N2O2S/c18-15(9-12-2-1-7-20-12)16-6-5-11-3-4-13-14(8-11)19-10-17-13/h1-4,7-8,10H,5-6,9H2,(H,16,18). The zero-order valence-corrected chi connectivity index (χ0v) is 11.7. The van der Waals surface area contributed by atoms with Crippen molar-refractivity contribution in [2.45, 2.75) is 12.8 Å². The highest BCUT2D eigenvalue weighted by atomic mass is 32.1. The summed E-state index contributed by atoms with van der Waals surface area (Å²) < 4.78 is 5.26. The summed E-state index contributed by atoms with van der Waals surface area (Å²) in [6.45, 7) is 0.629. The molecule has 2 heterocycles. The van der Waals surface area contributed by atoms with Gasteiger partial charge < -0.3 is 9.73 Å². The molecule has 1 aromatic carbocycles. The fourth-order valence-electron chi connectivity index (χ4n) is 2.04. The van der Waals surface area contributed by atoms with E-state index in [1.807, 2.05) is 35.7 Å². The van der Waals surface area contributed by atoms with Crippen LogP contribution in [0.2, 0.25) is 0 Å². The van der Waals surface area contributed by atoms with E-state index in [1.54, 1.807) is 11.3 Å². The molecule has 3 rings (SSSR count). The molecule has 3 aromatic rings. The first-order valence-corrected chi connectivity index (χ1v) is 7.30. The first-order valence-electron chi connectivity index (χ1n) is 6.42. The summed E-state index contributed by atoms with van der Waals surface area (Å²) in [6, 6.07) is 9.84. The third-order valence-corrected chi connectivity index (χ3v) is 3.92. The van der Waals surface area contributed by atoms with E-state index in [4.69, 9.17) is 4.42 Å². The number of hydrogen-bond acceptors (Lipinski definition) is 4. The molecule has 0 aliphatic rings. The molecule has 0 saturated carbocycles. The molecule has 2 aromatic heterocycles. The Labute approximate surface area is 120 Å². The van der Waals surface area contributed by atoms with Crippen molar-refractivity contribution in [2.75, 3.05) is 6.54 Å². The molecule has 0 radical (unpaired) electrons. The highest BCUT2D eigenvalue weighted by Gasteiger charge is 2.04. The van der Waals surface area contributed by atoms with Crippen LogP contribution in [0.15, 0.2) is 46.5 Å². The fourth-order valence-corrected chi connectivity index (χ4v) is 2.74. The molecule has 20 heavy (non-hydrogen) atoms. The topological polar surface area (TPSA) is 55.1 Å². The van der Waals surface area contributed by atoms with Crippen LogP contribution in [0.1, 0.15) is 10.4 Å². The summed E-state index contributed by atoms with van der Waals surface area (Å²) in [4.78, 5) is 16.9. The summed E-state index contributed by atoms with van der Waals surface area (Å²) in [5, 5.41) is 4.91. The predicted molar refractivity (Wildman–Crippen MR) is 78.7 cm³/mol. The second-order valence-corrected chi connectivity index (χ2v) is 5.54. The van der Waals surface area contributed by atoms with E-state index >= 15 is 0 Å². The Morgan fingerprint density at radius 3 is 3.15 bits per heavy atom. The molecule has 4 nitrogen and oxygen atoms in total. The highest BCUT2D eigenvalue weighted by molar-refractivity contribution is 7.10. The molecule has 0 aliphatic heterocycles. The van der Waals surface area contributed by atoms with Crippen LogP contribution in [0.3, 0.4) is 0 Å². The Hall–Kier alpha value is -2.14. The minimum absolute atomic E-state index is 0.0631. The number of thiophene rings is 1. The van der Waals surface area contributed by atoms with E-state index in [0.717, 1.165) is 28.0 Å². The summed E-state index contributed by atoms with van der Waals surface area (Å²) in [5.41, 5.74) is 2.77. The molecule has 0 aliphatic carbocycles. The van der Waals surface area contributed by atoms with Crippen LogP contribution in [0.4, 0.5) is 0 Å². The third-order valence-electron chi connectivity index (χ3n) is 3.05. The average molecular weight is 286 g/mol. The zero-order valence-electron chi connectivity index (χ0n) is 10.8. The van der Waals surface area contributed by atoms with Crippen molar-refractivity contribution in [3.05, 3.63) is 52.5 Å². The molecule has 0 atom stereocenters. The highest BCUT2D eigenvalue weighted by Crippen LogP contribution is 2.14. The molecule has 0 bridgehead atoms. The van der Waals surface area contributed by atoms with Gasteiger partial charge in [-0.15, -0.1) is 11.3 Å². The van der Waals surface area contributed by atoms with E-state index in [2.05, 4.69) is 10.3 Å². The van der Waals surface area contributed by atoms with Gasteiger partial charge in [0, 0.05) is 11.4 Å². The van der Waals surface area contributed by atoms with Gasteiger partial charge in [-0.1, -0.05) is 12.1 Å². The van der Waals surface area contributed by atoms with Crippen molar-refractivity contribution in [3.8, 4) is 0 Å². The maximum Gasteiger partial charge on any atom is 0.225 e. The van der Waals surface area contributed by atoms with Crippen LogP contribution in [0.25, 0.3) is 11.1 Å². The van der Waals surface area contributed by atoms with Crippen LogP contribution in [-0.4, -0.2) is 17.4 Å². The summed E-state index contributed by atoms with van der Waals surface area (Å²) in [7, 11) is 0. The zero-order chi connectivity index (χ0) is 13.8. The maximum atomic E-state index is 11.7. The number of aromatic nitrogens is 1. The van der Waals surface area contributed by atoms with Crippen molar-refractivity contribution in [3.63, 3.8) is 0 Å². The quantitative estimate of drug-likeness (QED) is 0.784. The van der Waals surface area contributed by atoms with Crippen LogP contribution in [0, 0.1) is 0 Å². The molecule has 5 heteroatoms. The van der Waals surface area contributed by atoms with Crippen molar-refractivity contribution in [1.29, 1.82) is 0 Å². The maximum absolute atomic E-state index is 11.7. The molecule has 0 spiro atoms. The van der Waals surface area contributed by atoms with Crippen LogP contribution in [0.5, 0.6) is 0 Å². The number of nitrogens with zero attached hydrogens (tertiary/aromatic N) is 1. The van der Waals surface area contributed by atoms with Crippen LogP contribution < -0.4 is 5.32 Å². The number of carbonyl (C=O) groups excluding carboxylic acids is 1. The van der Waals surface area contributed by atoms with Gasteiger partial charge in [-0.05, 0) is 35.6 Å². The number of carbonyl (C=O) groups is 1. The molecular weight excluding hydrogens is 272 g/mol. The molecule has 0 fully saturated rings. The number of amides is 1. The minimum atomic E-state index is 0.0631. The van der Waals surface area contributed by atoms with Gasteiger partial charge in [-0.3, -0.25) is 4.79 Å². The number of benzene rings is 1. The van der Waals surface area contributed by atoms with E-state index in [1.165, 1.54) is 6.39 Å². The molecule has 0 unspecified atom stereocenters. The average Bonchev–Trinajstić information content (AvgIpc) is 3.09. The largest absolute Gasteiger partial charge is 0.443 e. The number of rotatable bonds is 5. The number of oxazole rings is 1. The van der Waals surface area contributed by atoms with Crippen molar-refractivity contribution >= 4 is 28.3 Å². The van der Waals surface area contributed by atoms with Gasteiger partial charge in [0.25, 0.3) is 0 Å². The number of hydrogen-bond donors (Lipinski definition) is 1. The second-order valence-electron chi connectivity index (χ2n) is 4.51. The number of fused-ring (bicyclic) bond motifs is 1. The van der Waals surface area contributed by atoms with E-state index < -0.39 is 0 Å². The lowest BCUT2D eigenvalue weighted by molar-refractivity contribution is -0.120. The Kier molecular flexibility index (Phi) is 3.78. The Bertz CT molecular complexity index is 704. The van der Waals surface area contributed by atoms with Gasteiger partial charge in [0.1, 0.15) is 5.52 Å². The van der Waals surface area contributed by atoms with Gasteiger partial charge in [-0.25, -0.2) is 4.98 Å². The molecule has 1 N–H and O–H groups in total. The lowest BCUT2D eigenvalue weighted by Crippen LogP contribution is -2.26. The molecule has 1 amide bonds. The van der Waals surface area contributed by atoms with Gasteiger partial charge >= 0.3 is 0 Å².